The molecule has 1 aromatic carbocycles. The Morgan fingerprint density at radius 2 is 2.20 bits per heavy atom. The predicted molar refractivity (Wildman–Crippen MR) is 60.4 cm³/mol. The molecular formula is C12H19NO2. The molecule has 0 atom stereocenters. The Morgan fingerprint density at radius 3 is 2.80 bits per heavy atom. The third kappa shape index (κ3) is 4.00. The molecule has 3 heteroatoms. The average molecular weight is 209 g/mol. The van der Waals surface area contributed by atoms with Crippen LogP contribution < -0.4 is 5.73 Å². The van der Waals surface area contributed by atoms with E-state index in [4.69, 9.17) is 15.6 Å². The largest absolute Gasteiger partial charge is 0.396 e. The van der Waals surface area contributed by atoms with E-state index in [1.165, 1.54) is 11.1 Å². The zero-order valence-corrected chi connectivity index (χ0v) is 9.20. The topological polar surface area (TPSA) is 55.5 Å². The van der Waals surface area contributed by atoms with Crippen LogP contribution in [0.1, 0.15) is 23.1 Å². The molecule has 0 aromatic heterocycles. The lowest BCUT2D eigenvalue weighted by atomic mass is 10.1. The van der Waals surface area contributed by atoms with Gasteiger partial charge in [0.1, 0.15) is 0 Å². The second kappa shape index (κ2) is 6.56. The molecule has 0 spiro atoms. The molecule has 0 aliphatic carbocycles. The number of aliphatic hydroxyl groups excluding tert-OH is 1. The average Bonchev–Trinajstić information content (AvgIpc) is 2.26. The van der Waals surface area contributed by atoms with Gasteiger partial charge in [-0.05, 0) is 30.0 Å². The fourth-order valence-corrected chi connectivity index (χ4v) is 1.40. The third-order valence-electron chi connectivity index (χ3n) is 2.35. The summed E-state index contributed by atoms with van der Waals surface area (Å²) in [4.78, 5) is 0. The molecule has 0 unspecified atom stereocenters. The summed E-state index contributed by atoms with van der Waals surface area (Å²) in [6.45, 7) is 4.03. The molecule has 0 bridgehead atoms. The highest BCUT2D eigenvalue weighted by Crippen LogP contribution is 2.12. The maximum Gasteiger partial charge on any atom is 0.0719 e. The standard InChI is InChI=1S/C12H19NO2/c1-10-7-11(8-13)3-4-12(10)9-15-6-2-5-14/h3-4,7,14H,2,5-6,8-9,13H2,1H3. The molecule has 0 fully saturated rings. The van der Waals surface area contributed by atoms with Crippen LogP contribution in [0.15, 0.2) is 18.2 Å². The zero-order valence-electron chi connectivity index (χ0n) is 9.20. The van der Waals surface area contributed by atoms with Gasteiger partial charge in [-0.15, -0.1) is 0 Å². The highest BCUT2D eigenvalue weighted by Gasteiger charge is 1.99. The van der Waals surface area contributed by atoms with Crippen LogP contribution in [0.3, 0.4) is 0 Å². The zero-order chi connectivity index (χ0) is 11.1. The first-order valence-corrected chi connectivity index (χ1v) is 5.25. The van der Waals surface area contributed by atoms with Crippen LogP contribution in [0.5, 0.6) is 0 Å². The summed E-state index contributed by atoms with van der Waals surface area (Å²) < 4.78 is 5.42. The summed E-state index contributed by atoms with van der Waals surface area (Å²) in [5.74, 6) is 0. The van der Waals surface area contributed by atoms with E-state index in [-0.39, 0.29) is 6.61 Å². The Labute approximate surface area is 90.9 Å². The Kier molecular flexibility index (Phi) is 5.32. The molecule has 0 aliphatic rings. The van der Waals surface area contributed by atoms with E-state index in [9.17, 15) is 0 Å². The fraction of sp³-hybridized carbons (Fsp3) is 0.500. The summed E-state index contributed by atoms with van der Waals surface area (Å²) in [5.41, 5.74) is 9.09. The predicted octanol–water partition coefficient (Wildman–Crippen LogP) is 1.35. The van der Waals surface area contributed by atoms with Crippen molar-refractivity contribution in [2.45, 2.75) is 26.5 Å². The maximum atomic E-state index is 8.59. The maximum absolute atomic E-state index is 8.59. The van der Waals surface area contributed by atoms with Crippen LogP contribution in [0.4, 0.5) is 0 Å². The molecule has 0 heterocycles. The highest BCUT2D eigenvalue weighted by molar-refractivity contribution is 5.30. The Balaban J connectivity index is 2.47. The van der Waals surface area contributed by atoms with Crippen molar-refractivity contribution in [2.75, 3.05) is 13.2 Å². The minimum Gasteiger partial charge on any atom is -0.396 e. The van der Waals surface area contributed by atoms with Gasteiger partial charge in [-0.2, -0.15) is 0 Å². The van der Waals surface area contributed by atoms with Crippen molar-refractivity contribution in [3.8, 4) is 0 Å². The molecule has 0 amide bonds. The number of rotatable bonds is 6. The van der Waals surface area contributed by atoms with Gasteiger partial charge in [-0.3, -0.25) is 0 Å². The number of hydrogen-bond acceptors (Lipinski definition) is 3. The minimum atomic E-state index is 0.186. The van der Waals surface area contributed by atoms with Crippen LogP contribution in [0.2, 0.25) is 0 Å². The number of aliphatic hydroxyl groups is 1. The van der Waals surface area contributed by atoms with Gasteiger partial charge < -0.3 is 15.6 Å². The van der Waals surface area contributed by atoms with Crippen molar-refractivity contribution in [1.82, 2.24) is 0 Å². The van der Waals surface area contributed by atoms with Gasteiger partial charge in [-0.25, -0.2) is 0 Å². The van der Waals surface area contributed by atoms with Gasteiger partial charge in [0, 0.05) is 19.8 Å². The Morgan fingerprint density at radius 1 is 1.40 bits per heavy atom. The lowest BCUT2D eigenvalue weighted by molar-refractivity contribution is 0.104. The molecule has 15 heavy (non-hydrogen) atoms. The molecule has 0 saturated heterocycles. The summed E-state index contributed by atoms with van der Waals surface area (Å²) >= 11 is 0. The van der Waals surface area contributed by atoms with Gasteiger partial charge in [0.15, 0.2) is 0 Å². The molecule has 84 valence electrons. The van der Waals surface area contributed by atoms with Crippen molar-refractivity contribution < 1.29 is 9.84 Å². The van der Waals surface area contributed by atoms with Crippen molar-refractivity contribution in [1.29, 1.82) is 0 Å². The lowest BCUT2D eigenvalue weighted by Crippen LogP contribution is -2.01. The molecule has 0 radical (unpaired) electrons. The molecule has 3 N–H and O–H groups in total. The van der Waals surface area contributed by atoms with E-state index in [1.807, 2.05) is 6.07 Å². The number of benzene rings is 1. The van der Waals surface area contributed by atoms with Gasteiger partial charge >= 0.3 is 0 Å². The first-order chi connectivity index (χ1) is 7.27. The van der Waals surface area contributed by atoms with Gasteiger partial charge in [0.25, 0.3) is 0 Å². The van der Waals surface area contributed by atoms with Crippen LogP contribution in [0, 0.1) is 6.92 Å². The normalized spacial score (nSPS) is 10.6. The van der Waals surface area contributed by atoms with Crippen molar-refractivity contribution >= 4 is 0 Å². The monoisotopic (exact) mass is 209 g/mol. The van der Waals surface area contributed by atoms with Crippen molar-refractivity contribution in [2.24, 2.45) is 5.73 Å². The molecule has 0 saturated carbocycles. The van der Waals surface area contributed by atoms with E-state index in [2.05, 4.69) is 19.1 Å². The van der Waals surface area contributed by atoms with Gasteiger partial charge in [-0.1, -0.05) is 18.2 Å². The molecular weight excluding hydrogens is 190 g/mol. The molecule has 0 aliphatic heterocycles. The van der Waals surface area contributed by atoms with E-state index in [0.29, 0.717) is 26.2 Å². The lowest BCUT2D eigenvalue weighted by Gasteiger charge is -2.08. The quantitative estimate of drug-likeness (QED) is 0.695. The van der Waals surface area contributed by atoms with Crippen LogP contribution >= 0.6 is 0 Å². The minimum absolute atomic E-state index is 0.186. The number of aryl methyl sites for hydroxylation is 1. The first-order valence-electron chi connectivity index (χ1n) is 5.25. The number of nitrogens with two attached hydrogens (primary N) is 1. The highest BCUT2D eigenvalue weighted by atomic mass is 16.5. The van der Waals surface area contributed by atoms with Crippen LogP contribution in [0.25, 0.3) is 0 Å². The third-order valence-corrected chi connectivity index (χ3v) is 2.35. The second-order valence-corrected chi connectivity index (χ2v) is 3.59. The van der Waals surface area contributed by atoms with Crippen molar-refractivity contribution in [3.05, 3.63) is 34.9 Å². The van der Waals surface area contributed by atoms with E-state index in [1.54, 1.807) is 0 Å². The smallest absolute Gasteiger partial charge is 0.0719 e. The van der Waals surface area contributed by atoms with Crippen LogP contribution in [-0.4, -0.2) is 18.3 Å². The van der Waals surface area contributed by atoms with Gasteiger partial charge in [0.05, 0.1) is 6.61 Å². The van der Waals surface area contributed by atoms with E-state index < -0.39 is 0 Å². The van der Waals surface area contributed by atoms with Crippen molar-refractivity contribution in [3.63, 3.8) is 0 Å². The SMILES string of the molecule is Cc1cc(CN)ccc1COCCCO. The van der Waals surface area contributed by atoms with Gasteiger partial charge in [0.2, 0.25) is 0 Å². The van der Waals surface area contributed by atoms with Crippen LogP contribution in [-0.2, 0) is 17.9 Å². The second-order valence-electron chi connectivity index (χ2n) is 3.59. The van der Waals surface area contributed by atoms with E-state index >= 15 is 0 Å². The molecule has 1 rings (SSSR count). The first kappa shape index (κ1) is 12.2. The summed E-state index contributed by atoms with van der Waals surface area (Å²) in [7, 11) is 0. The fourth-order valence-electron chi connectivity index (χ4n) is 1.40. The van der Waals surface area contributed by atoms with E-state index in [0.717, 1.165) is 5.56 Å². The summed E-state index contributed by atoms with van der Waals surface area (Å²) in [5, 5.41) is 8.59. The number of ether oxygens (including phenoxy) is 1. The molecule has 3 nitrogen and oxygen atoms in total. The summed E-state index contributed by atoms with van der Waals surface area (Å²) in [6.07, 6.45) is 0.694. The molecule has 1 aromatic rings. The Hall–Kier alpha value is -0.900. The summed E-state index contributed by atoms with van der Waals surface area (Å²) in [6, 6.07) is 6.17. The Bertz CT molecular complexity index is 300. The number of hydrogen-bond donors (Lipinski definition) is 2.